The topological polar surface area (TPSA) is 3.88 Å². The molecule has 22 heavy (non-hydrogen) atoms. The highest BCUT2D eigenvalue weighted by Crippen LogP contribution is 2.40. The number of fused-ring (bicyclic) bond motifs is 1. The zero-order valence-electron chi connectivity index (χ0n) is 14.8. The Hall–Kier alpha value is -1.63. The standard InChI is InChI=1S/C21H28N/c1-14-7-8-20(22(6)13-14)19-12-17-11-18(21(3,4)5)10-16(17)9-15(19)2/h7-9,12-13,18H,10-11H2,1-6H3/q+1. The minimum absolute atomic E-state index is 0.390. The molecule has 0 spiro atoms. The fourth-order valence-electron chi connectivity index (χ4n) is 3.71. The molecule has 0 saturated carbocycles. The van der Waals surface area contributed by atoms with E-state index >= 15 is 0 Å². The highest BCUT2D eigenvalue weighted by atomic mass is 14.9. The first kappa shape index (κ1) is 15.3. The Morgan fingerprint density at radius 1 is 1.00 bits per heavy atom. The predicted molar refractivity (Wildman–Crippen MR) is 92.9 cm³/mol. The molecule has 0 radical (unpaired) electrons. The maximum atomic E-state index is 2.45. The number of aryl methyl sites for hydroxylation is 3. The summed E-state index contributed by atoms with van der Waals surface area (Å²) in [5.41, 5.74) is 8.91. The Kier molecular flexibility index (Phi) is 3.63. The van der Waals surface area contributed by atoms with Gasteiger partial charge in [-0.3, -0.25) is 0 Å². The average molecular weight is 294 g/mol. The Morgan fingerprint density at radius 3 is 2.23 bits per heavy atom. The largest absolute Gasteiger partial charge is 0.212 e. The van der Waals surface area contributed by atoms with Gasteiger partial charge in [0.15, 0.2) is 6.20 Å². The first-order chi connectivity index (χ1) is 10.3. The maximum absolute atomic E-state index is 2.45. The summed E-state index contributed by atoms with van der Waals surface area (Å²) in [5, 5.41) is 0. The molecule has 1 aliphatic rings. The van der Waals surface area contributed by atoms with E-state index in [0.29, 0.717) is 5.41 Å². The zero-order chi connectivity index (χ0) is 16.1. The van der Waals surface area contributed by atoms with Crippen LogP contribution in [0.1, 0.15) is 43.0 Å². The molecule has 1 aromatic carbocycles. The van der Waals surface area contributed by atoms with Crippen LogP contribution in [0, 0.1) is 25.2 Å². The van der Waals surface area contributed by atoms with Gasteiger partial charge in [-0.25, -0.2) is 4.57 Å². The van der Waals surface area contributed by atoms with Crippen LogP contribution in [0.2, 0.25) is 0 Å². The third kappa shape index (κ3) is 2.69. The van der Waals surface area contributed by atoms with E-state index in [0.717, 1.165) is 5.92 Å². The van der Waals surface area contributed by atoms with Crippen molar-refractivity contribution in [1.82, 2.24) is 0 Å². The van der Waals surface area contributed by atoms with Crippen LogP contribution in [-0.2, 0) is 19.9 Å². The summed E-state index contributed by atoms with van der Waals surface area (Å²) >= 11 is 0. The average Bonchev–Trinajstić information content (AvgIpc) is 2.81. The lowest BCUT2D eigenvalue weighted by atomic mass is 9.79. The molecular weight excluding hydrogens is 266 g/mol. The fourth-order valence-corrected chi connectivity index (χ4v) is 3.71. The van der Waals surface area contributed by atoms with E-state index in [9.17, 15) is 0 Å². The smallest absolute Gasteiger partial charge is 0.201 e. The van der Waals surface area contributed by atoms with E-state index < -0.39 is 0 Å². The summed E-state index contributed by atoms with van der Waals surface area (Å²) < 4.78 is 2.25. The molecule has 2 aromatic rings. The van der Waals surface area contributed by atoms with Gasteiger partial charge in [0, 0.05) is 17.2 Å². The zero-order valence-corrected chi connectivity index (χ0v) is 14.8. The molecule has 0 aliphatic heterocycles. The summed E-state index contributed by atoms with van der Waals surface area (Å²) in [7, 11) is 2.15. The lowest BCUT2D eigenvalue weighted by Gasteiger charge is -2.26. The van der Waals surface area contributed by atoms with Crippen LogP contribution in [0.15, 0.2) is 30.5 Å². The Morgan fingerprint density at radius 2 is 1.64 bits per heavy atom. The second kappa shape index (κ2) is 5.22. The maximum Gasteiger partial charge on any atom is 0.212 e. The van der Waals surface area contributed by atoms with Gasteiger partial charge >= 0.3 is 0 Å². The Balaban J connectivity index is 2.04. The van der Waals surface area contributed by atoms with Crippen LogP contribution in [0.4, 0.5) is 0 Å². The van der Waals surface area contributed by atoms with E-state index in [1.807, 2.05) is 0 Å². The Labute approximate surface area is 135 Å². The minimum atomic E-state index is 0.390. The molecule has 0 fully saturated rings. The third-order valence-corrected chi connectivity index (χ3v) is 5.26. The second-order valence-corrected chi connectivity index (χ2v) is 8.11. The summed E-state index contributed by atoms with van der Waals surface area (Å²) in [4.78, 5) is 0. The van der Waals surface area contributed by atoms with Gasteiger partial charge in [0.05, 0.1) is 0 Å². The highest BCUT2D eigenvalue weighted by molar-refractivity contribution is 5.64. The molecule has 0 amide bonds. The van der Waals surface area contributed by atoms with Crippen molar-refractivity contribution in [2.45, 2.75) is 47.5 Å². The van der Waals surface area contributed by atoms with Gasteiger partial charge in [0.2, 0.25) is 5.69 Å². The van der Waals surface area contributed by atoms with E-state index in [1.165, 1.54) is 35.2 Å². The number of aromatic nitrogens is 1. The van der Waals surface area contributed by atoms with E-state index in [2.05, 4.69) is 76.7 Å². The van der Waals surface area contributed by atoms with Crippen molar-refractivity contribution in [1.29, 1.82) is 0 Å². The number of pyridine rings is 1. The second-order valence-electron chi connectivity index (χ2n) is 8.11. The number of nitrogens with zero attached hydrogens (tertiary/aromatic N) is 1. The highest BCUT2D eigenvalue weighted by Gasteiger charge is 2.32. The van der Waals surface area contributed by atoms with Crippen molar-refractivity contribution in [3.63, 3.8) is 0 Å². The van der Waals surface area contributed by atoms with Gasteiger partial charge < -0.3 is 0 Å². The summed E-state index contributed by atoms with van der Waals surface area (Å²) in [5.74, 6) is 0.768. The van der Waals surface area contributed by atoms with Gasteiger partial charge in [-0.2, -0.15) is 0 Å². The van der Waals surface area contributed by atoms with Crippen molar-refractivity contribution < 1.29 is 4.57 Å². The van der Waals surface area contributed by atoms with Crippen molar-refractivity contribution in [3.05, 3.63) is 52.7 Å². The van der Waals surface area contributed by atoms with Gasteiger partial charge in [0.1, 0.15) is 7.05 Å². The van der Waals surface area contributed by atoms with Crippen LogP contribution in [-0.4, -0.2) is 0 Å². The van der Waals surface area contributed by atoms with Crippen molar-refractivity contribution in [2.24, 2.45) is 18.4 Å². The van der Waals surface area contributed by atoms with Crippen LogP contribution in [0.3, 0.4) is 0 Å². The number of benzene rings is 1. The molecule has 1 heterocycles. The third-order valence-electron chi connectivity index (χ3n) is 5.26. The van der Waals surface area contributed by atoms with E-state index in [-0.39, 0.29) is 0 Å². The lowest BCUT2D eigenvalue weighted by molar-refractivity contribution is -0.660. The molecule has 0 bridgehead atoms. The first-order valence-corrected chi connectivity index (χ1v) is 8.35. The van der Waals surface area contributed by atoms with Crippen LogP contribution in [0.25, 0.3) is 11.3 Å². The molecule has 1 atom stereocenters. The number of hydrogen-bond donors (Lipinski definition) is 0. The number of rotatable bonds is 1. The van der Waals surface area contributed by atoms with Crippen molar-refractivity contribution >= 4 is 0 Å². The molecule has 1 aromatic heterocycles. The monoisotopic (exact) mass is 294 g/mol. The van der Waals surface area contributed by atoms with E-state index in [4.69, 9.17) is 0 Å². The quantitative estimate of drug-likeness (QED) is 0.679. The van der Waals surface area contributed by atoms with Crippen LogP contribution < -0.4 is 4.57 Å². The molecule has 116 valence electrons. The van der Waals surface area contributed by atoms with Gasteiger partial charge in [0.25, 0.3) is 0 Å². The molecule has 0 saturated heterocycles. The normalized spacial score (nSPS) is 17.6. The van der Waals surface area contributed by atoms with Gasteiger partial charge in [-0.1, -0.05) is 26.8 Å². The summed E-state index contributed by atoms with van der Waals surface area (Å²) in [6.45, 7) is 11.5. The van der Waals surface area contributed by atoms with Crippen LogP contribution in [0.5, 0.6) is 0 Å². The summed E-state index contributed by atoms with van der Waals surface area (Å²) in [6, 6.07) is 9.33. The SMILES string of the molecule is Cc1ccc(-c2cc3c(cc2C)CC(C(C)(C)C)C3)[n+](C)c1. The summed E-state index contributed by atoms with van der Waals surface area (Å²) in [6.07, 6.45) is 4.67. The predicted octanol–water partition coefficient (Wildman–Crippen LogP) is 4.56. The molecule has 3 rings (SSSR count). The molecule has 1 unspecified atom stereocenters. The molecule has 1 aliphatic carbocycles. The lowest BCUT2D eigenvalue weighted by Crippen LogP contribution is -2.31. The van der Waals surface area contributed by atoms with Crippen LogP contribution >= 0.6 is 0 Å². The molecule has 0 N–H and O–H groups in total. The minimum Gasteiger partial charge on any atom is -0.201 e. The fraction of sp³-hybridized carbons (Fsp3) is 0.476. The Bertz CT molecular complexity index is 719. The van der Waals surface area contributed by atoms with E-state index in [1.54, 1.807) is 11.1 Å². The molecular formula is C21H28N+. The molecule has 1 heteroatoms. The molecule has 1 nitrogen and oxygen atoms in total. The van der Waals surface area contributed by atoms with Gasteiger partial charge in [-0.05, 0) is 66.8 Å². The van der Waals surface area contributed by atoms with Crippen molar-refractivity contribution in [3.8, 4) is 11.3 Å². The first-order valence-electron chi connectivity index (χ1n) is 8.35. The number of hydrogen-bond acceptors (Lipinski definition) is 0. The van der Waals surface area contributed by atoms with Gasteiger partial charge in [-0.15, -0.1) is 0 Å². The van der Waals surface area contributed by atoms with Crippen molar-refractivity contribution in [2.75, 3.05) is 0 Å².